The van der Waals surface area contributed by atoms with Crippen LogP contribution in [0.15, 0.2) is 10.9 Å². The van der Waals surface area contributed by atoms with Gasteiger partial charge in [-0.1, -0.05) is 13.8 Å². The smallest absolute Gasteiger partial charge is 0.326 e. The molecule has 0 aliphatic carbocycles. The Bertz CT molecular complexity index is 772. The number of amides is 1. The molecule has 0 unspecified atom stereocenters. The Labute approximate surface area is 163 Å². The van der Waals surface area contributed by atoms with Crippen LogP contribution in [0, 0.1) is 12.8 Å². The summed E-state index contributed by atoms with van der Waals surface area (Å²) in [6.45, 7) is 7.59. The summed E-state index contributed by atoms with van der Waals surface area (Å²) >= 11 is 0. The largest absolute Gasteiger partial charge is 0.480 e. The van der Waals surface area contributed by atoms with E-state index in [1.54, 1.807) is 20.8 Å². The van der Waals surface area contributed by atoms with E-state index >= 15 is 0 Å². The molecule has 1 aliphatic rings. The van der Waals surface area contributed by atoms with Crippen LogP contribution in [0.5, 0.6) is 0 Å². The van der Waals surface area contributed by atoms with Crippen LogP contribution in [0.2, 0.25) is 0 Å². The molecule has 1 amide bonds. The van der Waals surface area contributed by atoms with Gasteiger partial charge in [-0.2, -0.15) is 0 Å². The number of halogens is 1. The predicted octanol–water partition coefficient (Wildman–Crippen LogP) is 0.797. The average Bonchev–Trinajstić information content (AvgIpc) is 2.66. The van der Waals surface area contributed by atoms with Crippen molar-refractivity contribution in [3.8, 4) is 0 Å². The summed E-state index contributed by atoms with van der Waals surface area (Å²) in [6.07, 6.45) is 0. The number of aromatic nitrogens is 1. The standard InChI is InChI=1S/C19H28FN3O5/c1-12(2)16(19(26)27)21-17(24)14-10-13(3)15(11-20)23(18(14)25)5-4-22-6-8-28-9-7-22/h10,12,16H,4-9,11H2,1-3H3,(H,21,24)(H,26,27)/t16-/m1/s1. The third-order valence-electron chi connectivity index (χ3n) is 4.95. The summed E-state index contributed by atoms with van der Waals surface area (Å²) in [6, 6.07) is 0.215. The summed E-state index contributed by atoms with van der Waals surface area (Å²) in [5.74, 6) is -2.29. The number of aliphatic carboxylic acids is 1. The Hall–Kier alpha value is -2.26. The van der Waals surface area contributed by atoms with E-state index in [9.17, 15) is 23.9 Å². The highest BCUT2D eigenvalue weighted by molar-refractivity contribution is 5.96. The molecule has 2 N–H and O–H groups in total. The fourth-order valence-corrected chi connectivity index (χ4v) is 3.22. The molecule has 1 aromatic heterocycles. The van der Waals surface area contributed by atoms with Crippen molar-refractivity contribution >= 4 is 11.9 Å². The molecule has 9 heteroatoms. The number of carbonyl (C=O) groups excluding carboxylic acids is 1. The normalized spacial score (nSPS) is 16.2. The number of carboxylic acids is 1. The maximum absolute atomic E-state index is 13.6. The number of ether oxygens (including phenoxy) is 1. The van der Waals surface area contributed by atoms with Crippen molar-refractivity contribution in [1.29, 1.82) is 0 Å². The Kier molecular flexibility index (Phi) is 7.70. The summed E-state index contributed by atoms with van der Waals surface area (Å²) in [7, 11) is 0. The lowest BCUT2D eigenvalue weighted by Gasteiger charge is -2.27. The molecule has 28 heavy (non-hydrogen) atoms. The fraction of sp³-hybridized carbons (Fsp3) is 0.632. The van der Waals surface area contributed by atoms with Gasteiger partial charge in [0, 0.05) is 26.2 Å². The van der Waals surface area contributed by atoms with Crippen LogP contribution >= 0.6 is 0 Å². The Morgan fingerprint density at radius 3 is 2.46 bits per heavy atom. The van der Waals surface area contributed by atoms with Crippen LogP contribution in [-0.2, 0) is 22.8 Å². The molecule has 0 bridgehead atoms. The van der Waals surface area contributed by atoms with Gasteiger partial charge < -0.3 is 19.7 Å². The van der Waals surface area contributed by atoms with Crippen molar-refractivity contribution in [2.75, 3.05) is 32.8 Å². The van der Waals surface area contributed by atoms with Gasteiger partial charge in [-0.05, 0) is 24.5 Å². The summed E-state index contributed by atoms with van der Waals surface area (Å²) in [5.41, 5.74) is -0.0837. The molecule has 0 aromatic carbocycles. The van der Waals surface area contributed by atoms with E-state index in [4.69, 9.17) is 4.74 Å². The van der Waals surface area contributed by atoms with Crippen molar-refractivity contribution in [3.05, 3.63) is 33.2 Å². The first-order valence-electron chi connectivity index (χ1n) is 9.39. The highest BCUT2D eigenvalue weighted by Gasteiger charge is 2.26. The fourth-order valence-electron chi connectivity index (χ4n) is 3.22. The van der Waals surface area contributed by atoms with Crippen molar-refractivity contribution in [3.63, 3.8) is 0 Å². The molecule has 0 saturated carbocycles. The quantitative estimate of drug-likeness (QED) is 0.673. The summed E-state index contributed by atoms with van der Waals surface area (Å²) in [4.78, 5) is 38.9. The van der Waals surface area contributed by atoms with E-state index < -0.39 is 30.2 Å². The Morgan fingerprint density at radius 2 is 1.93 bits per heavy atom. The van der Waals surface area contributed by atoms with Crippen LogP contribution in [-0.4, -0.2) is 65.3 Å². The van der Waals surface area contributed by atoms with E-state index in [0.717, 1.165) is 13.1 Å². The lowest BCUT2D eigenvalue weighted by Crippen LogP contribution is -2.46. The monoisotopic (exact) mass is 397 g/mol. The zero-order chi connectivity index (χ0) is 20.8. The van der Waals surface area contributed by atoms with Crippen LogP contribution in [0.1, 0.15) is 35.5 Å². The minimum absolute atomic E-state index is 0.177. The lowest BCUT2D eigenvalue weighted by molar-refractivity contribution is -0.140. The number of aryl methyl sites for hydroxylation is 1. The first-order valence-corrected chi connectivity index (χ1v) is 9.39. The number of pyridine rings is 1. The highest BCUT2D eigenvalue weighted by atomic mass is 19.1. The second kappa shape index (κ2) is 9.79. The molecule has 1 atom stereocenters. The third kappa shape index (κ3) is 5.17. The van der Waals surface area contributed by atoms with E-state index in [1.807, 2.05) is 0 Å². The zero-order valence-electron chi connectivity index (χ0n) is 16.5. The minimum Gasteiger partial charge on any atom is -0.480 e. The number of morpholine rings is 1. The Morgan fingerprint density at radius 1 is 1.29 bits per heavy atom. The second-order valence-electron chi connectivity index (χ2n) is 7.27. The number of hydrogen-bond donors (Lipinski definition) is 2. The van der Waals surface area contributed by atoms with Gasteiger partial charge in [-0.25, -0.2) is 9.18 Å². The number of carbonyl (C=O) groups is 2. The third-order valence-corrected chi connectivity index (χ3v) is 4.95. The van der Waals surface area contributed by atoms with Crippen molar-refractivity contribution < 1.29 is 23.8 Å². The lowest BCUT2D eigenvalue weighted by atomic mass is 10.0. The number of nitrogens with zero attached hydrogens (tertiary/aromatic N) is 2. The maximum atomic E-state index is 13.6. The van der Waals surface area contributed by atoms with Gasteiger partial charge in [-0.3, -0.25) is 14.5 Å². The van der Waals surface area contributed by atoms with E-state index in [-0.39, 0.29) is 23.7 Å². The molecule has 1 aliphatic heterocycles. The molecule has 2 heterocycles. The van der Waals surface area contributed by atoms with E-state index in [0.29, 0.717) is 25.3 Å². The molecule has 1 saturated heterocycles. The SMILES string of the molecule is Cc1cc(C(=O)N[C@@H](C(=O)O)C(C)C)c(=O)n(CCN2CCOCC2)c1CF. The summed E-state index contributed by atoms with van der Waals surface area (Å²) < 4.78 is 20.2. The first-order chi connectivity index (χ1) is 13.3. The van der Waals surface area contributed by atoms with Crippen LogP contribution in [0.4, 0.5) is 4.39 Å². The maximum Gasteiger partial charge on any atom is 0.326 e. The van der Waals surface area contributed by atoms with Gasteiger partial charge in [0.2, 0.25) is 0 Å². The Balaban J connectivity index is 2.30. The van der Waals surface area contributed by atoms with Gasteiger partial charge in [0.25, 0.3) is 11.5 Å². The van der Waals surface area contributed by atoms with Crippen LogP contribution < -0.4 is 10.9 Å². The molecule has 2 rings (SSSR count). The van der Waals surface area contributed by atoms with Crippen molar-refractivity contribution in [2.45, 2.75) is 40.0 Å². The number of nitrogens with one attached hydrogen (secondary N) is 1. The molecular formula is C19H28FN3O5. The topological polar surface area (TPSA) is 101 Å². The number of carboxylic acid groups (broad SMARTS) is 1. The zero-order valence-corrected chi connectivity index (χ0v) is 16.5. The molecule has 1 aromatic rings. The van der Waals surface area contributed by atoms with Crippen LogP contribution in [0.3, 0.4) is 0 Å². The van der Waals surface area contributed by atoms with Crippen molar-refractivity contribution in [1.82, 2.24) is 14.8 Å². The minimum atomic E-state index is -1.17. The van der Waals surface area contributed by atoms with Gasteiger partial charge in [0.1, 0.15) is 18.3 Å². The molecule has 156 valence electrons. The van der Waals surface area contributed by atoms with E-state index in [2.05, 4.69) is 10.2 Å². The number of rotatable bonds is 8. The van der Waals surface area contributed by atoms with E-state index in [1.165, 1.54) is 10.6 Å². The van der Waals surface area contributed by atoms with Crippen LogP contribution in [0.25, 0.3) is 0 Å². The number of hydrogen-bond acceptors (Lipinski definition) is 5. The predicted molar refractivity (Wildman–Crippen MR) is 101 cm³/mol. The molecule has 1 fully saturated rings. The second-order valence-corrected chi connectivity index (χ2v) is 7.27. The number of alkyl halides is 1. The molecule has 0 spiro atoms. The average molecular weight is 397 g/mol. The van der Waals surface area contributed by atoms with Crippen molar-refractivity contribution in [2.24, 2.45) is 5.92 Å². The molecule has 8 nitrogen and oxygen atoms in total. The molecule has 0 radical (unpaired) electrons. The van der Waals surface area contributed by atoms with Gasteiger partial charge in [-0.15, -0.1) is 0 Å². The van der Waals surface area contributed by atoms with Gasteiger partial charge >= 0.3 is 5.97 Å². The van der Waals surface area contributed by atoms with Gasteiger partial charge in [0.15, 0.2) is 0 Å². The highest BCUT2D eigenvalue weighted by Crippen LogP contribution is 2.12. The molecular weight excluding hydrogens is 369 g/mol. The van der Waals surface area contributed by atoms with Gasteiger partial charge in [0.05, 0.1) is 18.9 Å². The summed E-state index contributed by atoms with van der Waals surface area (Å²) in [5, 5.41) is 11.7. The first kappa shape index (κ1) is 22.0.